The zero-order chi connectivity index (χ0) is 13.2. The van der Waals surface area contributed by atoms with E-state index in [1.54, 1.807) is 6.07 Å². The van der Waals surface area contributed by atoms with Gasteiger partial charge in [-0.15, -0.1) is 0 Å². The number of rotatable bonds is 4. The van der Waals surface area contributed by atoms with Gasteiger partial charge in [0.2, 0.25) is 0 Å². The monoisotopic (exact) mass is 248 g/mol. The molecule has 0 bridgehead atoms. The minimum absolute atomic E-state index is 0.241. The van der Waals surface area contributed by atoms with Crippen LogP contribution >= 0.6 is 0 Å². The van der Waals surface area contributed by atoms with E-state index in [-0.39, 0.29) is 17.0 Å². The molecular weight excluding hydrogens is 231 g/mol. The maximum absolute atomic E-state index is 13.6. The molecule has 0 radical (unpaired) electrons. The van der Waals surface area contributed by atoms with Gasteiger partial charge in [-0.1, -0.05) is 6.42 Å². The molecule has 4 heteroatoms. The number of nitriles is 1. The van der Waals surface area contributed by atoms with Crippen LogP contribution in [0.3, 0.4) is 0 Å². The summed E-state index contributed by atoms with van der Waals surface area (Å²) >= 11 is 0. The first-order valence-corrected chi connectivity index (χ1v) is 6.06. The smallest absolute Gasteiger partial charge is 0.167 e. The van der Waals surface area contributed by atoms with Crippen molar-refractivity contribution in [2.24, 2.45) is 5.41 Å². The molecule has 2 rings (SSSR count). The van der Waals surface area contributed by atoms with Gasteiger partial charge in [0.1, 0.15) is 0 Å². The molecule has 18 heavy (non-hydrogen) atoms. The first-order chi connectivity index (χ1) is 8.60. The van der Waals surface area contributed by atoms with E-state index in [0.717, 1.165) is 24.9 Å². The standard InChI is InChI=1S/C14H17FN2O/c1-17(10-14(9-16)6-3-7-14)11-4-5-13(18-2)12(15)8-11/h4-5,8H,3,6-7,10H2,1-2H3. The van der Waals surface area contributed by atoms with Crippen LogP contribution in [0.1, 0.15) is 19.3 Å². The number of hydrogen-bond donors (Lipinski definition) is 0. The van der Waals surface area contributed by atoms with Crippen LogP contribution in [0.15, 0.2) is 18.2 Å². The lowest BCUT2D eigenvalue weighted by atomic mass is 9.69. The van der Waals surface area contributed by atoms with Gasteiger partial charge < -0.3 is 9.64 Å². The molecule has 0 aromatic heterocycles. The van der Waals surface area contributed by atoms with Crippen molar-refractivity contribution in [3.8, 4) is 11.8 Å². The number of halogens is 1. The van der Waals surface area contributed by atoms with Gasteiger partial charge in [-0.3, -0.25) is 0 Å². The minimum atomic E-state index is -0.374. The number of methoxy groups -OCH3 is 1. The van der Waals surface area contributed by atoms with Crippen molar-refractivity contribution in [1.29, 1.82) is 5.26 Å². The molecule has 1 aliphatic rings. The highest BCUT2D eigenvalue weighted by Gasteiger charge is 2.38. The lowest BCUT2D eigenvalue weighted by Gasteiger charge is -2.39. The highest BCUT2D eigenvalue weighted by Crippen LogP contribution is 2.41. The summed E-state index contributed by atoms with van der Waals surface area (Å²) in [7, 11) is 3.33. The van der Waals surface area contributed by atoms with Gasteiger partial charge in [-0.05, 0) is 25.0 Å². The predicted molar refractivity (Wildman–Crippen MR) is 68.1 cm³/mol. The molecule has 0 aliphatic heterocycles. The average Bonchev–Trinajstić information content (AvgIpc) is 2.33. The Morgan fingerprint density at radius 3 is 2.67 bits per heavy atom. The van der Waals surface area contributed by atoms with E-state index in [1.807, 2.05) is 18.0 Å². The molecule has 0 saturated heterocycles. The molecule has 0 atom stereocenters. The van der Waals surface area contributed by atoms with Gasteiger partial charge >= 0.3 is 0 Å². The normalized spacial score (nSPS) is 16.6. The maximum Gasteiger partial charge on any atom is 0.167 e. The van der Waals surface area contributed by atoms with Crippen LogP contribution < -0.4 is 9.64 Å². The first-order valence-electron chi connectivity index (χ1n) is 6.06. The Hall–Kier alpha value is -1.76. The van der Waals surface area contributed by atoms with Crippen molar-refractivity contribution in [2.45, 2.75) is 19.3 Å². The van der Waals surface area contributed by atoms with Gasteiger partial charge in [0, 0.05) is 25.3 Å². The number of nitrogens with zero attached hydrogens (tertiary/aromatic N) is 2. The van der Waals surface area contributed by atoms with E-state index in [0.29, 0.717) is 6.54 Å². The van der Waals surface area contributed by atoms with Gasteiger partial charge in [-0.25, -0.2) is 4.39 Å². The van der Waals surface area contributed by atoms with Crippen molar-refractivity contribution in [3.63, 3.8) is 0 Å². The summed E-state index contributed by atoms with van der Waals surface area (Å²) in [5.74, 6) is -0.132. The SMILES string of the molecule is COc1ccc(N(C)CC2(C#N)CCC2)cc1F. The van der Waals surface area contributed by atoms with Crippen LogP contribution in [-0.4, -0.2) is 20.7 Å². The Kier molecular flexibility index (Phi) is 3.42. The van der Waals surface area contributed by atoms with E-state index in [9.17, 15) is 9.65 Å². The van der Waals surface area contributed by atoms with Crippen LogP contribution in [0.25, 0.3) is 0 Å². The molecule has 0 amide bonds. The molecule has 1 aromatic rings. The Morgan fingerprint density at radius 2 is 2.22 bits per heavy atom. The van der Waals surface area contributed by atoms with Crippen LogP contribution in [0.4, 0.5) is 10.1 Å². The third-order valence-electron chi connectivity index (χ3n) is 3.66. The number of hydrogen-bond acceptors (Lipinski definition) is 3. The number of ether oxygens (including phenoxy) is 1. The fourth-order valence-corrected chi connectivity index (χ4v) is 2.35. The van der Waals surface area contributed by atoms with Crippen molar-refractivity contribution >= 4 is 5.69 Å². The molecule has 1 aliphatic carbocycles. The second-order valence-corrected chi connectivity index (χ2v) is 4.92. The Morgan fingerprint density at radius 1 is 1.50 bits per heavy atom. The lowest BCUT2D eigenvalue weighted by molar-refractivity contribution is 0.223. The van der Waals surface area contributed by atoms with Gasteiger partial charge in [0.05, 0.1) is 18.6 Å². The molecule has 3 nitrogen and oxygen atoms in total. The van der Waals surface area contributed by atoms with Crippen LogP contribution in [0, 0.1) is 22.6 Å². The van der Waals surface area contributed by atoms with E-state index in [4.69, 9.17) is 4.74 Å². The third-order valence-corrected chi connectivity index (χ3v) is 3.66. The summed E-state index contributed by atoms with van der Waals surface area (Å²) in [6.07, 6.45) is 2.98. The predicted octanol–water partition coefficient (Wildman–Crippen LogP) is 2.96. The highest BCUT2D eigenvalue weighted by molar-refractivity contribution is 5.49. The van der Waals surface area contributed by atoms with Crippen LogP contribution in [0.5, 0.6) is 5.75 Å². The minimum Gasteiger partial charge on any atom is -0.494 e. The summed E-state index contributed by atoms with van der Waals surface area (Å²) in [5, 5.41) is 9.20. The van der Waals surface area contributed by atoms with Crippen LogP contribution in [0.2, 0.25) is 0 Å². The van der Waals surface area contributed by atoms with Gasteiger partial charge in [-0.2, -0.15) is 5.26 Å². The zero-order valence-electron chi connectivity index (χ0n) is 10.7. The molecule has 0 heterocycles. The Labute approximate surface area is 107 Å². The molecule has 0 spiro atoms. The summed E-state index contributed by atoms with van der Waals surface area (Å²) in [6, 6.07) is 7.26. The summed E-state index contributed by atoms with van der Waals surface area (Å²) in [5.41, 5.74) is 0.528. The maximum atomic E-state index is 13.6. The summed E-state index contributed by atoms with van der Waals surface area (Å²) < 4.78 is 18.5. The third kappa shape index (κ3) is 2.26. The van der Waals surface area contributed by atoms with Crippen molar-refractivity contribution < 1.29 is 9.13 Å². The van der Waals surface area contributed by atoms with E-state index in [1.165, 1.54) is 13.2 Å². The second-order valence-electron chi connectivity index (χ2n) is 4.92. The first kappa shape index (κ1) is 12.7. The molecule has 96 valence electrons. The summed E-state index contributed by atoms with van der Waals surface area (Å²) in [6.45, 7) is 0.648. The molecular formula is C14H17FN2O. The fraction of sp³-hybridized carbons (Fsp3) is 0.500. The van der Waals surface area contributed by atoms with Crippen molar-refractivity contribution in [1.82, 2.24) is 0 Å². The Balaban J connectivity index is 2.12. The van der Waals surface area contributed by atoms with E-state index < -0.39 is 0 Å². The van der Waals surface area contributed by atoms with E-state index >= 15 is 0 Å². The number of benzene rings is 1. The average molecular weight is 248 g/mol. The molecule has 1 fully saturated rings. The van der Waals surface area contributed by atoms with Gasteiger partial charge in [0.15, 0.2) is 11.6 Å². The largest absolute Gasteiger partial charge is 0.494 e. The highest BCUT2D eigenvalue weighted by atomic mass is 19.1. The van der Waals surface area contributed by atoms with Gasteiger partial charge in [0.25, 0.3) is 0 Å². The quantitative estimate of drug-likeness (QED) is 0.822. The number of anilines is 1. The zero-order valence-corrected chi connectivity index (χ0v) is 10.7. The lowest BCUT2D eigenvalue weighted by Crippen LogP contribution is -2.39. The molecule has 0 unspecified atom stereocenters. The molecule has 1 saturated carbocycles. The van der Waals surface area contributed by atoms with Crippen molar-refractivity contribution in [3.05, 3.63) is 24.0 Å². The molecule has 1 aromatic carbocycles. The van der Waals surface area contributed by atoms with E-state index in [2.05, 4.69) is 6.07 Å². The summed E-state index contributed by atoms with van der Waals surface area (Å²) in [4.78, 5) is 1.94. The van der Waals surface area contributed by atoms with Crippen LogP contribution in [-0.2, 0) is 0 Å². The van der Waals surface area contributed by atoms with Crippen molar-refractivity contribution in [2.75, 3.05) is 25.6 Å². The Bertz CT molecular complexity index is 477. The fourth-order valence-electron chi connectivity index (χ4n) is 2.35. The molecule has 0 N–H and O–H groups in total. The topological polar surface area (TPSA) is 36.3 Å². The second kappa shape index (κ2) is 4.85.